The smallest absolute Gasteiger partial charge is 0.270 e. The van der Waals surface area contributed by atoms with Crippen LogP contribution in [0.1, 0.15) is 30.3 Å². The summed E-state index contributed by atoms with van der Waals surface area (Å²) in [6.07, 6.45) is 4.05. The standard InChI is InChI=1S/C18H24N4O2/c1-11-17(12-4-6-22(11)7-5-12)20-18(23)14-9-15-13(10-19-14)8-16(24-15)21(2)3/h8-12,17H,4-7H2,1-3H3,(H,20,23)/t11-,17-/m0/s1. The fourth-order valence-corrected chi connectivity index (χ4v) is 4.03. The Bertz CT molecular complexity index is 759. The number of hydrogen-bond acceptors (Lipinski definition) is 5. The summed E-state index contributed by atoms with van der Waals surface area (Å²) in [5, 5.41) is 4.12. The Balaban J connectivity index is 1.55. The van der Waals surface area contributed by atoms with Crippen LogP contribution in [0.3, 0.4) is 0 Å². The zero-order valence-electron chi connectivity index (χ0n) is 14.5. The molecule has 3 aliphatic heterocycles. The summed E-state index contributed by atoms with van der Waals surface area (Å²) >= 11 is 0. The molecule has 3 saturated heterocycles. The van der Waals surface area contributed by atoms with Gasteiger partial charge in [-0.2, -0.15) is 0 Å². The molecule has 6 heteroatoms. The van der Waals surface area contributed by atoms with Crippen molar-refractivity contribution in [2.45, 2.75) is 31.8 Å². The van der Waals surface area contributed by atoms with E-state index in [9.17, 15) is 4.79 Å². The highest BCUT2D eigenvalue weighted by Gasteiger charge is 2.40. The van der Waals surface area contributed by atoms with Gasteiger partial charge in [-0.3, -0.25) is 14.7 Å². The number of carbonyl (C=O) groups is 1. The van der Waals surface area contributed by atoms with Crippen molar-refractivity contribution in [3.8, 4) is 0 Å². The highest BCUT2D eigenvalue weighted by Crippen LogP contribution is 2.32. The Morgan fingerprint density at radius 2 is 2.08 bits per heavy atom. The number of fused-ring (bicyclic) bond motifs is 4. The first-order chi connectivity index (χ1) is 11.5. The molecule has 3 aliphatic rings. The summed E-state index contributed by atoms with van der Waals surface area (Å²) in [5.41, 5.74) is 1.12. The molecular formula is C18H24N4O2. The van der Waals surface area contributed by atoms with Crippen LogP contribution in [0.15, 0.2) is 22.7 Å². The Morgan fingerprint density at radius 3 is 2.75 bits per heavy atom. The first-order valence-electron chi connectivity index (χ1n) is 8.65. The van der Waals surface area contributed by atoms with E-state index in [0.717, 1.165) is 24.4 Å². The molecule has 0 aliphatic carbocycles. The molecule has 1 amide bonds. The van der Waals surface area contributed by atoms with Crippen molar-refractivity contribution >= 4 is 22.8 Å². The van der Waals surface area contributed by atoms with Crippen molar-refractivity contribution in [2.24, 2.45) is 5.92 Å². The van der Waals surface area contributed by atoms with Crippen LogP contribution in [0.4, 0.5) is 5.88 Å². The fraction of sp³-hybridized carbons (Fsp3) is 0.556. The third kappa shape index (κ3) is 2.55. The lowest BCUT2D eigenvalue weighted by Gasteiger charge is -2.49. The molecule has 2 bridgehead atoms. The Hall–Kier alpha value is -2.08. The topological polar surface area (TPSA) is 61.6 Å². The third-order valence-electron chi connectivity index (χ3n) is 5.54. The minimum atomic E-state index is -0.106. The minimum absolute atomic E-state index is 0.106. The van der Waals surface area contributed by atoms with Crippen molar-refractivity contribution in [1.82, 2.24) is 15.2 Å². The van der Waals surface area contributed by atoms with Crippen LogP contribution in [-0.4, -0.2) is 55.1 Å². The number of aromatic nitrogens is 1. The molecule has 0 radical (unpaired) electrons. The summed E-state index contributed by atoms with van der Waals surface area (Å²) in [7, 11) is 3.85. The largest absolute Gasteiger partial charge is 0.440 e. The van der Waals surface area contributed by atoms with Gasteiger partial charge in [0.1, 0.15) is 11.3 Å². The summed E-state index contributed by atoms with van der Waals surface area (Å²) < 4.78 is 5.78. The molecular weight excluding hydrogens is 304 g/mol. The number of rotatable bonds is 3. The van der Waals surface area contributed by atoms with Crippen molar-refractivity contribution in [3.05, 3.63) is 24.0 Å². The van der Waals surface area contributed by atoms with Gasteiger partial charge in [0.25, 0.3) is 5.91 Å². The molecule has 3 fully saturated rings. The van der Waals surface area contributed by atoms with Gasteiger partial charge in [0.05, 0.1) is 0 Å². The average molecular weight is 328 g/mol. The lowest BCUT2D eigenvalue weighted by molar-refractivity contribution is 0.0216. The van der Waals surface area contributed by atoms with E-state index in [-0.39, 0.29) is 11.9 Å². The molecule has 0 spiro atoms. The van der Waals surface area contributed by atoms with Crippen molar-refractivity contribution in [3.63, 3.8) is 0 Å². The molecule has 5 rings (SSSR count). The summed E-state index contributed by atoms with van der Waals surface area (Å²) in [6, 6.07) is 4.28. The predicted molar refractivity (Wildman–Crippen MR) is 93.3 cm³/mol. The van der Waals surface area contributed by atoms with Gasteiger partial charge < -0.3 is 14.6 Å². The van der Waals surface area contributed by atoms with E-state index in [1.54, 1.807) is 12.3 Å². The van der Waals surface area contributed by atoms with Crippen LogP contribution in [0.5, 0.6) is 0 Å². The molecule has 2 aromatic rings. The van der Waals surface area contributed by atoms with E-state index in [0.29, 0.717) is 23.2 Å². The second kappa shape index (κ2) is 5.77. The molecule has 0 aromatic carbocycles. The van der Waals surface area contributed by atoms with E-state index in [1.807, 2.05) is 25.1 Å². The van der Waals surface area contributed by atoms with Crippen LogP contribution in [0.25, 0.3) is 11.0 Å². The second-order valence-electron chi connectivity index (χ2n) is 7.20. The predicted octanol–water partition coefficient (Wildman–Crippen LogP) is 2.11. The fourth-order valence-electron chi connectivity index (χ4n) is 4.03. The number of hydrogen-bond donors (Lipinski definition) is 1. The lowest BCUT2D eigenvalue weighted by Crippen LogP contribution is -2.62. The Morgan fingerprint density at radius 1 is 1.33 bits per heavy atom. The van der Waals surface area contributed by atoms with Crippen LogP contribution in [0.2, 0.25) is 0 Å². The summed E-state index contributed by atoms with van der Waals surface area (Å²) in [6.45, 7) is 4.52. The van der Waals surface area contributed by atoms with Gasteiger partial charge in [-0.25, -0.2) is 0 Å². The van der Waals surface area contributed by atoms with Gasteiger partial charge in [0.2, 0.25) is 0 Å². The van der Waals surface area contributed by atoms with Gasteiger partial charge in [-0.05, 0) is 38.8 Å². The van der Waals surface area contributed by atoms with E-state index in [4.69, 9.17) is 4.42 Å². The number of pyridine rings is 1. The maximum Gasteiger partial charge on any atom is 0.270 e. The van der Waals surface area contributed by atoms with Gasteiger partial charge in [0.15, 0.2) is 5.88 Å². The highest BCUT2D eigenvalue weighted by atomic mass is 16.4. The number of furan rings is 1. The van der Waals surface area contributed by atoms with E-state index < -0.39 is 0 Å². The van der Waals surface area contributed by atoms with Crippen LogP contribution >= 0.6 is 0 Å². The van der Waals surface area contributed by atoms with Gasteiger partial charge >= 0.3 is 0 Å². The molecule has 2 aromatic heterocycles. The quantitative estimate of drug-likeness (QED) is 0.935. The zero-order valence-corrected chi connectivity index (χ0v) is 14.5. The molecule has 128 valence electrons. The Labute approximate surface area is 141 Å². The molecule has 5 heterocycles. The monoisotopic (exact) mass is 328 g/mol. The Kier molecular flexibility index (Phi) is 3.72. The van der Waals surface area contributed by atoms with Crippen LogP contribution in [0, 0.1) is 5.92 Å². The zero-order chi connectivity index (χ0) is 16.8. The highest BCUT2D eigenvalue weighted by molar-refractivity contribution is 5.95. The lowest BCUT2D eigenvalue weighted by atomic mass is 9.79. The van der Waals surface area contributed by atoms with Gasteiger partial charge in [-0.1, -0.05) is 0 Å². The molecule has 6 nitrogen and oxygen atoms in total. The number of anilines is 1. The first-order valence-corrected chi connectivity index (χ1v) is 8.65. The summed E-state index contributed by atoms with van der Waals surface area (Å²) in [5.74, 6) is 1.24. The number of piperidine rings is 3. The first kappa shape index (κ1) is 15.4. The van der Waals surface area contributed by atoms with Crippen molar-refractivity contribution in [1.29, 1.82) is 0 Å². The molecule has 2 atom stereocenters. The maximum atomic E-state index is 12.7. The number of nitrogens with one attached hydrogen (secondary N) is 1. The average Bonchev–Trinajstić information content (AvgIpc) is 3.02. The molecule has 0 saturated carbocycles. The van der Waals surface area contributed by atoms with E-state index >= 15 is 0 Å². The maximum absolute atomic E-state index is 12.7. The minimum Gasteiger partial charge on any atom is -0.440 e. The van der Waals surface area contributed by atoms with Crippen LogP contribution in [-0.2, 0) is 0 Å². The second-order valence-corrected chi connectivity index (χ2v) is 7.20. The third-order valence-corrected chi connectivity index (χ3v) is 5.54. The SMILES string of the molecule is C[C@H]1[C@H](NC(=O)c2cc3oc(N(C)C)cc3cn2)C2CCN1CC2. The van der Waals surface area contributed by atoms with Crippen molar-refractivity contribution < 1.29 is 9.21 Å². The number of carbonyl (C=O) groups excluding carboxylic acids is 1. The van der Waals surface area contributed by atoms with Gasteiger partial charge in [-0.15, -0.1) is 0 Å². The number of nitrogens with zero attached hydrogens (tertiary/aromatic N) is 3. The molecule has 1 N–H and O–H groups in total. The van der Waals surface area contributed by atoms with Crippen molar-refractivity contribution in [2.75, 3.05) is 32.1 Å². The van der Waals surface area contributed by atoms with Crippen LogP contribution < -0.4 is 10.2 Å². The summed E-state index contributed by atoms with van der Waals surface area (Å²) in [4.78, 5) is 21.4. The van der Waals surface area contributed by atoms with E-state index in [2.05, 4.69) is 22.1 Å². The van der Waals surface area contributed by atoms with Gasteiger partial charge in [0, 0.05) is 49.9 Å². The normalized spacial score (nSPS) is 29.0. The molecule has 0 unspecified atom stereocenters. The molecule has 24 heavy (non-hydrogen) atoms. The number of amides is 1. The van der Waals surface area contributed by atoms with E-state index in [1.165, 1.54) is 12.8 Å².